The highest BCUT2D eigenvalue weighted by atomic mass is 16.5. The summed E-state index contributed by atoms with van der Waals surface area (Å²) in [5.41, 5.74) is 2.13. The Kier molecular flexibility index (Phi) is 7.28. The van der Waals surface area contributed by atoms with Gasteiger partial charge < -0.3 is 20.1 Å². The average molecular weight is 385 g/mol. The fraction of sp³-hybridized carbons (Fsp3) is 0.571. The molecule has 0 spiro atoms. The van der Waals surface area contributed by atoms with Gasteiger partial charge in [0.05, 0.1) is 18.8 Å². The van der Waals surface area contributed by atoms with E-state index in [1.807, 2.05) is 18.3 Å². The van der Waals surface area contributed by atoms with Gasteiger partial charge in [-0.1, -0.05) is 19.0 Å². The van der Waals surface area contributed by atoms with Crippen LogP contribution in [0.3, 0.4) is 0 Å². The summed E-state index contributed by atoms with van der Waals surface area (Å²) in [7, 11) is 0. The highest BCUT2D eigenvalue weighted by molar-refractivity contribution is 5.79. The van der Waals surface area contributed by atoms with Crippen molar-refractivity contribution in [2.45, 2.75) is 59.0 Å². The fourth-order valence-electron chi connectivity index (χ4n) is 3.22. The number of aromatic nitrogens is 2. The summed E-state index contributed by atoms with van der Waals surface area (Å²) in [6.45, 7) is 10.4. The second-order valence-electron chi connectivity index (χ2n) is 7.49. The summed E-state index contributed by atoms with van der Waals surface area (Å²) in [6.07, 6.45) is 5.70. The average Bonchev–Trinajstić information content (AvgIpc) is 3.20. The van der Waals surface area contributed by atoms with Crippen LogP contribution in [0.2, 0.25) is 0 Å². The van der Waals surface area contributed by atoms with Gasteiger partial charge in [-0.05, 0) is 49.8 Å². The lowest BCUT2D eigenvalue weighted by Gasteiger charge is -2.27. The molecule has 0 aliphatic carbocycles. The first kappa shape index (κ1) is 20.2. The molecule has 2 aromatic rings. The van der Waals surface area contributed by atoms with Crippen LogP contribution in [0.5, 0.6) is 0 Å². The van der Waals surface area contributed by atoms with Gasteiger partial charge in [-0.3, -0.25) is 0 Å². The number of rotatable bonds is 7. The molecule has 7 heteroatoms. The van der Waals surface area contributed by atoms with Crippen molar-refractivity contribution in [1.29, 1.82) is 0 Å². The van der Waals surface area contributed by atoms with Crippen molar-refractivity contribution in [2.75, 3.05) is 24.5 Å². The molecule has 0 radical (unpaired) electrons. The highest BCUT2D eigenvalue weighted by Gasteiger charge is 2.12. The SMILES string of the molecule is CCNC(=NCc1ccnc(N2CCCCC2)c1)NCc1cc(C(C)C)no1. The zero-order chi connectivity index (χ0) is 19.8. The zero-order valence-electron chi connectivity index (χ0n) is 17.2. The first-order valence-corrected chi connectivity index (χ1v) is 10.3. The Balaban J connectivity index is 1.60. The molecule has 3 heterocycles. The molecular weight excluding hydrogens is 352 g/mol. The lowest BCUT2D eigenvalue weighted by atomic mass is 10.1. The minimum absolute atomic E-state index is 0.361. The maximum atomic E-state index is 5.39. The minimum atomic E-state index is 0.361. The van der Waals surface area contributed by atoms with Crippen LogP contribution in [0.25, 0.3) is 0 Å². The molecule has 0 unspecified atom stereocenters. The van der Waals surface area contributed by atoms with E-state index in [1.54, 1.807) is 0 Å². The molecule has 1 saturated heterocycles. The quantitative estimate of drug-likeness (QED) is 0.562. The molecule has 2 aromatic heterocycles. The van der Waals surface area contributed by atoms with Crippen molar-refractivity contribution in [3.05, 3.63) is 41.4 Å². The number of nitrogens with one attached hydrogen (secondary N) is 2. The molecule has 1 aliphatic rings. The summed E-state index contributed by atoms with van der Waals surface area (Å²) in [5.74, 6) is 3.00. The van der Waals surface area contributed by atoms with E-state index in [1.165, 1.54) is 19.3 Å². The molecule has 3 rings (SSSR count). The number of guanidine groups is 1. The maximum absolute atomic E-state index is 5.39. The van der Waals surface area contributed by atoms with E-state index in [0.29, 0.717) is 19.0 Å². The van der Waals surface area contributed by atoms with Crippen molar-refractivity contribution in [3.63, 3.8) is 0 Å². The van der Waals surface area contributed by atoms with Crippen LogP contribution in [0.4, 0.5) is 5.82 Å². The van der Waals surface area contributed by atoms with Crippen LogP contribution in [-0.2, 0) is 13.1 Å². The van der Waals surface area contributed by atoms with Crippen LogP contribution in [0.1, 0.15) is 63.0 Å². The Morgan fingerprint density at radius 2 is 2.04 bits per heavy atom. The largest absolute Gasteiger partial charge is 0.359 e. The smallest absolute Gasteiger partial charge is 0.191 e. The lowest BCUT2D eigenvalue weighted by Crippen LogP contribution is -2.36. The molecule has 152 valence electrons. The van der Waals surface area contributed by atoms with Gasteiger partial charge in [0.2, 0.25) is 0 Å². The van der Waals surface area contributed by atoms with E-state index in [9.17, 15) is 0 Å². The Bertz CT molecular complexity index is 764. The third-order valence-corrected chi connectivity index (χ3v) is 4.85. The van der Waals surface area contributed by atoms with Crippen molar-refractivity contribution in [2.24, 2.45) is 4.99 Å². The number of hydrogen-bond donors (Lipinski definition) is 2. The van der Waals surface area contributed by atoms with E-state index >= 15 is 0 Å². The first-order valence-electron chi connectivity index (χ1n) is 10.3. The van der Waals surface area contributed by atoms with Gasteiger partial charge in [-0.2, -0.15) is 0 Å². The minimum Gasteiger partial charge on any atom is -0.359 e. The summed E-state index contributed by atoms with van der Waals surface area (Å²) >= 11 is 0. The molecule has 2 N–H and O–H groups in total. The second-order valence-corrected chi connectivity index (χ2v) is 7.49. The van der Waals surface area contributed by atoms with E-state index in [-0.39, 0.29) is 0 Å². The topological polar surface area (TPSA) is 78.6 Å². The Morgan fingerprint density at radius 1 is 1.21 bits per heavy atom. The molecule has 1 fully saturated rings. The monoisotopic (exact) mass is 384 g/mol. The van der Waals surface area contributed by atoms with Gasteiger partial charge in [-0.15, -0.1) is 0 Å². The van der Waals surface area contributed by atoms with Gasteiger partial charge in [0.15, 0.2) is 11.7 Å². The number of hydrogen-bond acceptors (Lipinski definition) is 5. The van der Waals surface area contributed by atoms with E-state index in [2.05, 4.69) is 52.5 Å². The fourth-order valence-corrected chi connectivity index (χ4v) is 3.22. The Hall–Kier alpha value is -2.57. The van der Waals surface area contributed by atoms with Crippen molar-refractivity contribution >= 4 is 11.8 Å². The van der Waals surface area contributed by atoms with Gasteiger partial charge in [0.1, 0.15) is 5.82 Å². The summed E-state index contributed by atoms with van der Waals surface area (Å²) in [4.78, 5) is 11.6. The van der Waals surface area contributed by atoms with E-state index in [4.69, 9.17) is 9.52 Å². The molecule has 0 bridgehead atoms. The molecule has 1 aliphatic heterocycles. The van der Waals surface area contributed by atoms with Gasteiger partial charge >= 0.3 is 0 Å². The molecule has 0 aromatic carbocycles. The standard InChI is InChI=1S/C21H32N6O/c1-4-22-21(25-15-18-13-19(16(2)3)26-28-18)24-14-17-8-9-23-20(12-17)27-10-6-5-7-11-27/h8-9,12-13,16H,4-7,10-11,14-15H2,1-3H3,(H2,22,24,25). The lowest BCUT2D eigenvalue weighted by molar-refractivity contribution is 0.372. The number of nitrogens with zero attached hydrogens (tertiary/aromatic N) is 4. The molecule has 0 saturated carbocycles. The summed E-state index contributed by atoms with van der Waals surface area (Å²) in [6, 6.07) is 6.19. The normalized spacial score (nSPS) is 15.1. The van der Waals surface area contributed by atoms with Crippen LogP contribution < -0.4 is 15.5 Å². The number of pyridine rings is 1. The molecular formula is C21H32N6O. The third-order valence-electron chi connectivity index (χ3n) is 4.85. The third kappa shape index (κ3) is 5.71. The molecule has 0 amide bonds. The molecule has 0 atom stereocenters. The molecule has 28 heavy (non-hydrogen) atoms. The number of piperidine rings is 1. The van der Waals surface area contributed by atoms with Crippen LogP contribution in [-0.4, -0.2) is 35.7 Å². The predicted octanol–water partition coefficient (Wildman–Crippen LogP) is 3.44. The summed E-state index contributed by atoms with van der Waals surface area (Å²) in [5, 5.41) is 10.7. The predicted molar refractivity (Wildman–Crippen MR) is 113 cm³/mol. The highest BCUT2D eigenvalue weighted by Crippen LogP contribution is 2.18. The van der Waals surface area contributed by atoms with Gasteiger partial charge in [0.25, 0.3) is 0 Å². The zero-order valence-corrected chi connectivity index (χ0v) is 17.2. The number of anilines is 1. The Labute approximate surface area is 167 Å². The van der Waals surface area contributed by atoms with E-state index in [0.717, 1.165) is 48.4 Å². The van der Waals surface area contributed by atoms with Crippen molar-refractivity contribution in [1.82, 2.24) is 20.8 Å². The van der Waals surface area contributed by atoms with E-state index < -0.39 is 0 Å². The van der Waals surface area contributed by atoms with Gasteiger partial charge in [0, 0.05) is 31.9 Å². The number of aliphatic imine (C=N–C) groups is 1. The Morgan fingerprint density at radius 3 is 2.75 bits per heavy atom. The van der Waals surface area contributed by atoms with Crippen molar-refractivity contribution < 1.29 is 4.52 Å². The van der Waals surface area contributed by atoms with Gasteiger partial charge in [-0.25, -0.2) is 9.98 Å². The van der Waals surface area contributed by atoms with Crippen LogP contribution >= 0.6 is 0 Å². The first-order chi connectivity index (χ1) is 13.7. The second kappa shape index (κ2) is 10.1. The molecule has 7 nitrogen and oxygen atoms in total. The van der Waals surface area contributed by atoms with Crippen molar-refractivity contribution in [3.8, 4) is 0 Å². The van der Waals surface area contributed by atoms with Crippen LogP contribution in [0, 0.1) is 0 Å². The summed E-state index contributed by atoms with van der Waals surface area (Å²) < 4.78 is 5.39. The maximum Gasteiger partial charge on any atom is 0.191 e. The van der Waals surface area contributed by atoms with Crippen LogP contribution in [0.15, 0.2) is 33.9 Å².